The van der Waals surface area contributed by atoms with Crippen LogP contribution in [-0.2, 0) is 17.6 Å². The smallest absolute Gasteiger partial charge is 0.329 e. The molecule has 0 spiro atoms. The molecule has 4 nitrogen and oxygen atoms in total. The molecule has 1 fully saturated rings. The van der Waals surface area contributed by atoms with Gasteiger partial charge in [-0.2, -0.15) is 11.8 Å². The van der Waals surface area contributed by atoms with Crippen LogP contribution in [0.1, 0.15) is 47.0 Å². The lowest BCUT2D eigenvalue weighted by Gasteiger charge is -2.33. The first-order valence-corrected chi connectivity index (χ1v) is 9.78. The van der Waals surface area contributed by atoms with Crippen LogP contribution in [0, 0.1) is 5.92 Å². The van der Waals surface area contributed by atoms with Gasteiger partial charge in [-0.3, -0.25) is 4.79 Å². The second-order valence-corrected chi connectivity index (χ2v) is 8.54. The standard InChI is InChI=1S/C16H21NO3S2/c1-10-2-3-11-12(9-22-13(11)8-10)14(18)17-16(15(19)20)4-6-21-7-5-16/h9-10H,2-8H2,1H3,(H,17,18)(H,19,20). The minimum atomic E-state index is -1.08. The molecule has 1 aromatic rings. The molecular formula is C16H21NO3S2. The summed E-state index contributed by atoms with van der Waals surface area (Å²) >= 11 is 3.39. The van der Waals surface area contributed by atoms with Crippen LogP contribution < -0.4 is 5.32 Å². The highest BCUT2D eigenvalue weighted by Crippen LogP contribution is 2.34. The summed E-state index contributed by atoms with van der Waals surface area (Å²) in [6.07, 6.45) is 4.07. The maximum Gasteiger partial charge on any atom is 0.329 e. The van der Waals surface area contributed by atoms with Crippen molar-refractivity contribution in [3.05, 3.63) is 21.4 Å². The molecule has 1 saturated heterocycles. The molecule has 0 bridgehead atoms. The number of fused-ring (bicyclic) bond motifs is 1. The largest absolute Gasteiger partial charge is 0.480 e. The number of carboxylic acid groups (broad SMARTS) is 1. The van der Waals surface area contributed by atoms with E-state index in [9.17, 15) is 14.7 Å². The number of carbonyl (C=O) groups excluding carboxylic acids is 1. The van der Waals surface area contributed by atoms with Crippen LogP contribution >= 0.6 is 23.1 Å². The molecule has 3 rings (SSSR count). The Morgan fingerprint density at radius 3 is 2.77 bits per heavy atom. The number of carbonyl (C=O) groups is 2. The summed E-state index contributed by atoms with van der Waals surface area (Å²) in [5, 5.41) is 14.3. The maximum atomic E-state index is 12.7. The van der Waals surface area contributed by atoms with Crippen LogP contribution in [0.5, 0.6) is 0 Å². The average Bonchev–Trinajstić information content (AvgIpc) is 2.91. The topological polar surface area (TPSA) is 66.4 Å². The molecule has 2 N–H and O–H groups in total. The third-order valence-corrected chi connectivity index (χ3v) is 6.79. The minimum Gasteiger partial charge on any atom is -0.480 e. The summed E-state index contributed by atoms with van der Waals surface area (Å²) < 4.78 is 0. The monoisotopic (exact) mass is 339 g/mol. The number of aliphatic carboxylic acids is 1. The quantitative estimate of drug-likeness (QED) is 0.888. The van der Waals surface area contributed by atoms with Gasteiger partial charge in [-0.15, -0.1) is 11.3 Å². The van der Waals surface area contributed by atoms with Crippen LogP contribution in [0.3, 0.4) is 0 Å². The van der Waals surface area contributed by atoms with E-state index in [1.165, 1.54) is 4.88 Å². The van der Waals surface area contributed by atoms with Gasteiger partial charge in [-0.25, -0.2) is 4.79 Å². The molecule has 22 heavy (non-hydrogen) atoms. The Bertz CT molecular complexity index is 590. The molecular weight excluding hydrogens is 318 g/mol. The van der Waals surface area contributed by atoms with E-state index in [4.69, 9.17) is 0 Å². The van der Waals surface area contributed by atoms with E-state index >= 15 is 0 Å². The lowest BCUT2D eigenvalue weighted by Crippen LogP contribution is -2.56. The lowest BCUT2D eigenvalue weighted by atomic mass is 9.87. The van der Waals surface area contributed by atoms with Gasteiger partial charge in [0.15, 0.2) is 0 Å². The summed E-state index contributed by atoms with van der Waals surface area (Å²) in [6, 6.07) is 0. The highest BCUT2D eigenvalue weighted by atomic mass is 32.2. The fourth-order valence-corrected chi connectivity index (χ4v) is 5.70. The molecule has 1 aromatic heterocycles. The van der Waals surface area contributed by atoms with Crippen molar-refractivity contribution in [3.63, 3.8) is 0 Å². The second kappa shape index (κ2) is 6.24. The molecule has 1 amide bonds. The number of amides is 1. The van der Waals surface area contributed by atoms with Crippen molar-refractivity contribution in [2.24, 2.45) is 5.92 Å². The Morgan fingerprint density at radius 1 is 1.36 bits per heavy atom. The fourth-order valence-electron chi connectivity index (χ4n) is 3.26. The zero-order chi connectivity index (χ0) is 15.7. The minimum absolute atomic E-state index is 0.207. The van der Waals surface area contributed by atoms with Crippen molar-refractivity contribution in [2.45, 2.75) is 44.6 Å². The molecule has 0 saturated carbocycles. The predicted molar refractivity (Wildman–Crippen MR) is 89.9 cm³/mol. The summed E-state index contributed by atoms with van der Waals surface area (Å²) in [7, 11) is 0. The molecule has 0 aromatic carbocycles. The van der Waals surface area contributed by atoms with Crippen LogP contribution in [-0.4, -0.2) is 34.0 Å². The highest BCUT2D eigenvalue weighted by molar-refractivity contribution is 7.99. The van der Waals surface area contributed by atoms with Crippen molar-refractivity contribution in [3.8, 4) is 0 Å². The molecule has 2 aliphatic rings. The van der Waals surface area contributed by atoms with Crippen molar-refractivity contribution < 1.29 is 14.7 Å². The van der Waals surface area contributed by atoms with Crippen molar-refractivity contribution >= 4 is 35.0 Å². The van der Waals surface area contributed by atoms with E-state index in [0.29, 0.717) is 24.3 Å². The first-order chi connectivity index (χ1) is 10.5. The normalized spacial score (nSPS) is 23.6. The first kappa shape index (κ1) is 15.9. The highest BCUT2D eigenvalue weighted by Gasteiger charge is 2.42. The van der Waals surface area contributed by atoms with E-state index in [1.54, 1.807) is 23.1 Å². The van der Waals surface area contributed by atoms with Gasteiger partial charge in [0.05, 0.1) is 5.56 Å². The Hall–Kier alpha value is -1.01. The molecule has 1 aliphatic carbocycles. The number of thiophene rings is 1. The molecule has 1 atom stereocenters. The van der Waals surface area contributed by atoms with Crippen molar-refractivity contribution in [1.29, 1.82) is 0 Å². The fraction of sp³-hybridized carbons (Fsp3) is 0.625. The van der Waals surface area contributed by atoms with E-state index in [-0.39, 0.29) is 5.91 Å². The molecule has 1 unspecified atom stereocenters. The van der Waals surface area contributed by atoms with Crippen LogP contribution in [0.2, 0.25) is 0 Å². The zero-order valence-electron chi connectivity index (χ0n) is 12.7. The van der Waals surface area contributed by atoms with Crippen LogP contribution in [0.4, 0.5) is 0 Å². The van der Waals surface area contributed by atoms with Crippen LogP contribution in [0.25, 0.3) is 0 Å². The number of thioether (sulfide) groups is 1. The molecule has 0 radical (unpaired) electrons. The Kier molecular flexibility index (Phi) is 4.50. The van der Waals surface area contributed by atoms with Gasteiger partial charge in [0.1, 0.15) is 5.54 Å². The summed E-state index contributed by atoms with van der Waals surface area (Å²) in [5.74, 6) is 1.13. The number of hydrogen-bond donors (Lipinski definition) is 2. The van der Waals surface area contributed by atoms with Gasteiger partial charge >= 0.3 is 5.97 Å². The summed E-state index contributed by atoms with van der Waals surface area (Å²) in [6.45, 7) is 2.24. The van der Waals surface area contributed by atoms with Gasteiger partial charge in [-0.05, 0) is 55.1 Å². The number of hydrogen-bond acceptors (Lipinski definition) is 4. The third kappa shape index (κ3) is 2.91. The molecule has 1 aliphatic heterocycles. The predicted octanol–water partition coefficient (Wildman–Crippen LogP) is 2.95. The van der Waals surface area contributed by atoms with E-state index in [2.05, 4.69) is 12.2 Å². The molecule has 120 valence electrons. The first-order valence-electron chi connectivity index (χ1n) is 7.75. The Labute approximate surface area is 138 Å². The Balaban J connectivity index is 1.81. The zero-order valence-corrected chi connectivity index (χ0v) is 14.3. The molecule has 6 heteroatoms. The summed E-state index contributed by atoms with van der Waals surface area (Å²) in [4.78, 5) is 25.7. The average molecular weight is 339 g/mol. The van der Waals surface area contributed by atoms with Crippen LogP contribution in [0.15, 0.2) is 5.38 Å². The van der Waals surface area contributed by atoms with Gasteiger partial charge in [0.2, 0.25) is 0 Å². The van der Waals surface area contributed by atoms with Crippen molar-refractivity contribution in [1.82, 2.24) is 5.32 Å². The Morgan fingerprint density at radius 2 is 2.09 bits per heavy atom. The second-order valence-electron chi connectivity index (χ2n) is 6.35. The number of nitrogens with one attached hydrogen (secondary N) is 1. The van der Waals surface area contributed by atoms with E-state index in [1.807, 2.05) is 5.38 Å². The SMILES string of the molecule is CC1CCc2c(C(=O)NC3(C(=O)O)CCSCC3)csc2C1. The molecule has 2 heterocycles. The van der Waals surface area contributed by atoms with E-state index < -0.39 is 11.5 Å². The number of rotatable bonds is 3. The maximum absolute atomic E-state index is 12.7. The van der Waals surface area contributed by atoms with Crippen molar-refractivity contribution in [2.75, 3.05) is 11.5 Å². The lowest BCUT2D eigenvalue weighted by molar-refractivity contribution is -0.144. The van der Waals surface area contributed by atoms with Gasteiger partial charge in [0, 0.05) is 10.3 Å². The van der Waals surface area contributed by atoms with Gasteiger partial charge in [-0.1, -0.05) is 6.92 Å². The van der Waals surface area contributed by atoms with Gasteiger partial charge < -0.3 is 10.4 Å². The van der Waals surface area contributed by atoms with Gasteiger partial charge in [0.25, 0.3) is 5.91 Å². The summed E-state index contributed by atoms with van der Waals surface area (Å²) in [5.41, 5.74) is 0.760. The number of carboxylic acids is 1. The van der Waals surface area contributed by atoms with E-state index in [0.717, 1.165) is 36.3 Å². The third-order valence-electron chi connectivity index (χ3n) is 4.75.